The third-order valence-corrected chi connectivity index (χ3v) is 5.89. The van der Waals surface area contributed by atoms with Crippen molar-refractivity contribution in [2.75, 3.05) is 5.32 Å². The van der Waals surface area contributed by atoms with Gasteiger partial charge in [-0.2, -0.15) is 5.10 Å². The summed E-state index contributed by atoms with van der Waals surface area (Å²) in [7, 11) is -3.63. The molecule has 2 aromatic heterocycles. The number of carbonyl (C=O) groups excluding carboxylic acids is 2. The molecule has 1 atom stereocenters. The van der Waals surface area contributed by atoms with Gasteiger partial charge in [-0.15, -0.1) is 0 Å². The van der Waals surface area contributed by atoms with Crippen LogP contribution in [0.3, 0.4) is 0 Å². The fourth-order valence-electron chi connectivity index (χ4n) is 2.74. The molecule has 1 aromatic carbocycles. The number of hydrogen-bond acceptors (Lipinski definition) is 7. The summed E-state index contributed by atoms with van der Waals surface area (Å²) in [5.74, 6) is -0.864. The molecule has 0 radical (unpaired) electrons. The van der Waals surface area contributed by atoms with Crippen LogP contribution in [0, 0.1) is 0 Å². The van der Waals surface area contributed by atoms with E-state index in [2.05, 4.69) is 15.1 Å². The molecule has 10 nitrogen and oxygen atoms in total. The van der Waals surface area contributed by atoms with Crippen LogP contribution in [-0.2, 0) is 26.1 Å². The van der Waals surface area contributed by atoms with Crippen molar-refractivity contribution >= 4 is 27.6 Å². The fourth-order valence-corrected chi connectivity index (χ4v) is 3.99. The minimum atomic E-state index is -3.63. The minimum absolute atomic E-state index is 0.0287. The lowest BCUT2D eigenvalue weighted by Crippen LogP contribution is -2.30. The number of ether oxygens (including phenoxy) is 1. The average molecular weight is 461 g/mol. The third-order valence-electron chi connectivity index (χ3n) is 4.22. The zero-order valence-electron chi connectivity index (χ0n) is 17.8. The van der Waals surface area contributed by atoms with Crippen LogP contribution in [-0.4, -0.2) is 42.2 Å². The quantitative estimate of drug-likeness (QED) is 0.469. The summed E-state index contributed by atoms with van der Waals surface area (Å²) in [5.41, 5.74) is 0.362. The number of amides is 1. The molecule has 0 saturated heterocycles. The van der Waals surface area contributed by atoms with Gasteiger partial charge in [-0.25, -0.2) is 17.9 Å². The van der Waals surface area contributed by atoms with E-state index in [-0.39, 0.29) is 16.7 Å². The smallest absolute Gasteiger partial charge is 0.375 e. The topological polar surface area (TPSA) is 133 Å². The third kappa shape index (κ3) is 6.05. The molecule has 0 aliphatic carbocycles. The van der Waals surface area contributed by atoms with E-state index in [1.54, 1.807) is 43.1 Å². The molecule has 2 N–H and O–H groups in total. The Labute approximate surface area is 185 Å². The number of esters is 1. The zero-order valence-corrected chi connectivity index (χ0v) is 18.6. The highest BCUT2D eigenvalue weighted by Gasteiger charge is 2.22. The van der Waals surface area contributed by atoms with Gasteiger partial charge in [-0.3, -0.25) is 9.48 Å². The fraction of sp³-hybridized carbons (Fsp3) is 0.286. The van der Waals surface area contributed by atoms with Gasteiger partial charge in [-0.05, 0) is 63.2 Å². The van der Waals surface area contributed by atoms with Crippen molar-refractivity contribution in [2.24, 2.45) is 0 Å². The van der Waals surface area contributed by atoms with Crippen LogP contribution in [0.1, 0.15) is 37.1 Å². The van der Waals surface area contributed by atoms with Gasteiger partial charge < -0.3 is 14.5 Å². The largest absolute Gasteiger partial charge is 0.452 e. The van der Waals surface area contributed by atoms with Crippen LogP contribution < -0.4 is 10.0 Å². The minimum Gasteiger partial charge on any atom is -0.452 e. The van der Waals surface area contributed by atoms with Gasteiger partial charge in [0.25, 0.3) is 5.91 Å². The maximum atomic E-state index is 12.4. The molecule has 0 aliphatic rings. The second-order valence-corrected chi connectivity index (χ2v) is 9.02. The van der Waals surface area contributed by atoms with Crippen LogP contribution in [0.15, 0.2) is 64.2 Å². The van der Waals surface area contributed by atoms with Crippen molar-refractivity contribution in [3.05, 3.63) is 66.4 Å². The summed E-state index contributed by atoms with van der Waals surface area (Å²) >= 11 is 0. The number of aromatic nitrogens is 2. The molecule has 0 saturated carbocycles. The summed E-state index contributed by atoms with van der Waals surface area (Å²) in [6, 6.07) is 10.3. The molecule has 2 heterocycles. The molecule has 0 spiro atoms. The molecule has 11 heteroatoms. The molecule has 3 rings (SSSR count). The highest BCUT2D eigenvalue weighted by Crippen LogP contribution is 2.16. The van der Waals surface area contributed by atoms with Crippen molar-refractivity contribution in [1.29, 1.82) is 0 Å². The Morgan fingerprint density at radius 1 is 1.12 bits per heavy atom. The van der Waals surface area contributed by atoms with Gasteiger partial charge >= 0.3 is 5.97 Å². The van der Waals surface area contributed by atoms with Crippen molar-refractivity contribution in [1.82, 2.24) is 14.5 Å². The lowest BCUT2D eigenvalue weighted by Gasteiger charge is -2.13. The molecule has 32 heavy (non-hydrogen) atoms. The van der Waals surface area contributed by atoms with Crippen LogP contribution in [0.25, 0.3) is 0 Å². The number of hydrogen-bond donors (Lipinski definition) is 2. The first-order valence-electron chi connectivity index (χ1n) is 9.84. The lowest BCUT2D eigenvalue weighted by atomic mass is 10.3. The van der Waals surface area contributed by atoms with E-state index in [4.69, 9.17) is 9.15 Å². The summed E-state index contributed by atoms with van der Waals surface area (Å²) in [4.78, 5) is 24.7. The Bertz CT molecular complexity index is 1170. The predicted molar refractivity (Wildman–Crippen MR) is 115 cm³/mol. The molecule has 170 valence electrons. The molecule has 0 fully saturated rings. The summed E-state index contributed by atoms with van der Waals surface area (Å²) in [6.07, 6.45) is 2.29. The van der Waals surface area contributed by atoms with Gasteiger partial charge in [0.2, 0.25) is 15.8 Å². The lowest BCUT2D eigenvalue weighted by molar-refractivity contribution is -0.123. The van der Waals surface area contributed by atoms with Gasteiger partial charge in [0, 0.05) is 24.1 Å². The number of benzene rings is 1. The first-order chi connectivity index (χ1) is 15.1. The Morgan fingerprint density at radius 2 is 1.84 bits per heavy atom. The highest BCUT2D eigenvalue weighted by molar-refractivity contribution is 7.89. The Kier molecular flexibility index (Phi) is 7.11. The maximum absolute atomic E-state index is 12.4. The maximum Gasteiger partial charge on any atom is 0.375 e. The van der Waals surface area contributed by atoms with Crippen molar-refractivity contribution in [2.45, 2.75) is 44.4 Å². The second-order valence-electron chi connectivity index (χ2n) is 7.31. The Morgan fingerprint density at radius 3 is 2.47 bits per heavy atom. The van der Waals surface area contributed by atoms with E-state index in [1.165, 1.54) is 37.3 Å². The number of rotatable bonds is 9. The molecule has 3 aromatic rings. The molecule has 1 unspecified atom stereocenters. The zero-order chi connectivity index (χ0) is 23.3. The number of sulfonamides is 1. The monoisotopic (exact) mass is 460 g/mol. The van der Waals surface area contributed by atoms with Gasteiger partial charge in [0.05, 0.1) is 11.4 Å². The number of nitrogens with zero attached hydrogens (tertiary/aromatic N) is 2. The molecular weight excluding hydrogens is 436 g/mol. The van der Waals surface area contributed by atoms with Crippen LogP contribution in [0.2, 0.25) is 0 Å². The first kappa shape index (κ1) is 23.2. The van der Waals surface area contributed by atoms with Gasteiger partial charge in [0.1, 0.15) is 5.76 Å². The Balaban J connectivity index is 1.55. The molecule has 1 amide bonds. The number of carbonyl (C=O) groups is 2. The van der Waals surface area contributed by atoms with Crippen LogP contribution in [0.4, 0.5) is 5.69 Å². The number of furan rings is 1. The highest BCUT2D eigenvalue weighted by atomic mass is 32.2. The van der Waals surface area contributed by atoms with Gasteiger partial charge in [-0.1, -0.05) is 0 Å². The van der Waals surface area contributed by atoms with Gasteiger partial charge in [0.15, 0.2) is 6.10 Å². The van der Waals surface area contributed by atoms with E-state index in [0.717, 1.165) is 0 Å². The predicted octanol–water partition coefficient (Wildman–Crippen LogP) is 2.40. The SMILES string of the molecule is CC(C)NS(=O)(=O)c1ccc(NC(=O)C(C)OC(=O)c2ccc(Cn3cccn3)o2)cc1. The van der Waals surface area contributed by atoms with E-state index in [1.807, 2.05) is 0 Å². The Hall–Kier alpha value is -3.44. The van der Waals surface area contributed by atoms with Crippen LogP contribution >= 0.6 is 0 Å². The van der Waals surface area contributed by atoms with Crippen LogP contribution in [0.5, 0.6) is 0 Å². The van der Waals surface area contributed by atoms with E-state index < -0.39 is 28.0 Å². The molecule has 0 bridgehead atoms. The second kappa shape index (κ2) is 9.79. The normalized spacial score (nSPS) is 12.5. The summed E-state index contributed by atoms with van der Waals surface area (Å²) < 4.78 is 39.1. The van der Waals surface area contributed by atoms with E-state index in [0.29, 0.717) is 18.0 Å². The average Bonchev–Trinajstić information content (AvgIpc) is 3.40. The first-order valence-corrected chi connectivity index (χ1v) is 11.3. The van der Waals surface area contributed by atoms with E-state index in [9.17, 15) is 18.0 Å². The summed E-state index contributed by atoms with van der Waals surface area (Å²) in [5, 5.41) is 6.64. The van der Waals surface area contributed by atoms with Crippen molar-refractivity contribution < 1.29 is 27.2 Å². The number of anilines is 1. The van der Waals surface area contributed by atoms with Crippen molar-refractivity contribution in [3.8, 4) is 0 Å². The summed E-state index contributed by atoms with van der Waals surface area (Å²) in [6.45, 7) is 5.22. The van der Waals surface area contributed by atoms with E-state index >= 15 is 0 Å². The molecule has 0 aliphatic heterocycles. The standard InChI is InChI=1S/C21H24N4O6S/c1-14(2)24-32(28,29)18-8-5-16(6-9-18)23-20(26)15(3)30-21(27)19-10-7-17(31-19)13-25-12-4-11-22-25/h4-12,14-15,24H,13H2,1-3H3,(H,23,26). The molecular formula is C21H24N4O6S. The van der Waals surface area contributed by atoms with Crippen molar-refractivity contribution in [3.63, 3.8) is 0 Å². The number of nitrogens with one attached hydrogen (secondary N) is 2.